The van der Waals surface area contributed by atoms with Gasteiger partial charge in [0.05, 0.1) is 16.7 Å². The molecule has 0 saturated carbocycles. The Labute approximate surface area is 319 Å². The minimum Gasteiger partial charge on any atom is -0.456 e. The first kappa shape index (κ1) is 32.3. The Bertz CT molecular complexity index is 3050. The van der Waals surface area contributed by atoms with Gasteiger partial charge in [-0.2, -0.15) is 0 Å². The van der Waals surface area contributed by atoms with E-state index in [0.29, 0.717) is 0 Å². The van der Waals surface area contributed by atoms with E-state index in [-0.39, 0.29) is 0 Å². The van der Waals surface area contributed by atoms with Gasteiger partial charge < -0.3 is 13.9 Å². The number of benzene rings is 8. The lowest BCUT2D eigenvalue weighted by atomic mass is 9.98. The number of aromatic nitrogens is 1. The number of fused-ring (bicyclic) bond motifs is 7. The van der Waals surface area contributed by atoms with E-state index in [9.17, 15) is 0 Å². The van der Waals surface area contributed by atoms with Gasteiger partial charge >= 0.3 is 0 Å². The third kappa shape index (κ3) is 5.70. The van der Waals surface area contributed by atoms with Gasteiger partial charge in [-0.05, 0) is 100 Å². The molecule has 3 nitrogen and oxygen atoms in total. The highest BCUT2D eigenvalue weighted by Gasteiger charge is 2.19. The minimum absolute atomic E-state index is 0.877. The number of hydrogen-bond acceptors (Lipinski definition) is 2. The van der Waals surface area contributed by atoms with Crippen molar-refractivity contribution >= 4 is 72.1 Å². The first-order valence-corrected chi connectivity index (χ1v) is 18.6. The SMILES string of the molecule is C=C/C(=C\C=C\n1c2ccccc2c2ccccc21)N(c1ccc(-c2ccccc2)cc1)c1ccccc1-c1ccc2oc3cc4ccccc4cc3c2c1. The third-order valence-electron chi connectivity index (χ3n) is 10.6. The van der Waals surface area contributed by atoms with Crippen LogP contribution >= 0.6 is 0 Å². The maximum absolute atomic E-state index is 6.39. The summed E-state index contributed by atoms with van der Waals surface area (Å²) >= 11 is 0. The lowest BCUT2D eigenvalue weighted by Crippen LogP contribution is -2.16. The van der Waals surface area contributed by atoms with Gasteiger partial charge in [-0.3, -0.25) is 0 Å². The van der Waals surface area contributed by atoms with E-state index in [1.807, 2.05) is 6.08 Å². The first-order valence-electron chi connectivity index (χ1n) is 18.6. The lowest BCUT2D eigenvalue weighted by molar-refractivity contribution is 0.669. The van der Waals surface area contributed by atoms with Crippen LogP contribution in [0.3, 0.4) is 0 Å². The molecule has 0 fully saturated rings. The highest BCUT2D eigenvalue weighted by Crippen LogP contribution is 2.41. The van der Waals surface area contributed by atoms with E-state index < -0.39 is 0 Å². The molecule has 0 amide bonds. The Kier molecular flexibility index (Phi) is 7.96. The Balaban J connectivity index is 1.12. The van der Waals surface area contributed by atoms with Crippen LogP contribution in [0.5, 0.6) is 0 Å². The van der Waals surface area contributed by atoms with Crippen LogP contribution in [0.4, 0.5) is 11.4 Å². The molecule has 55 heavy (non-hydrogen) atoms. The largest absolute Gasteiger partial charge is 0.456 e. The van der Waals surface area contributed by atoms with Crippen molar-refractivity contribution in [2.45, 2.75) is 0 Å². The predicted octanol–water partition coefficient (Wildman–Crippen LogP) is 14.6. The standard InChI is InChI=1S/C52H36N2O/c1-2-41(19-14-32-53-48-23-11-9-21-44(48)45-22-10-12-24-49(45)53)54(42-29-26-37(27-30-42)36-15-4-3-5-16-36)50-25-13-8-20-43(50)40-28-31-51-46(34-40)47-33-38-17-6-7-18-39(38)35-52(47)55-51/h2-35H,1H2/b32-14+,41-19+. The molecule has 0 spiro atoms. The second kappa shape index (κ2) is 13.6. The van der Waals surface area contributed by atoms with Crippen molar-refractivity contribution in [3.63, 3.8) is 0 Å². The molecule has 10 aromatic rings. The zero-order valence-electron chi connectivity index (χ0n) is 30.1. The van der Waals surface area contributed by atoms with Crippen molar-refractivity contribution in [1.29, 1.82) is 0 Å². The number of allylic oxidation sites excluding steroid dienone is 3. The zero-order chi connectivity index (χ0) is 36.7. The summed E-state index contributed by atoms with van der Waals surface area (Å²) < 4.78 is 8.65. The highest BCUT2D eigenvalue weighted by atomic mass is 16.3. The van der Waals surface area contributed by atoms with Crippen LogP contribution in [0.15, 0.2) is 217 Å². The van der Waals surface area contributed by atoms with E-state index in [2.05, 4.69) is 216 Å². The molecular formula is C52H36N2O. The summed E-state index contributed by atoms with van der Waals surface area (Å²) in [4.78, 5) is 2.30. The van der Waals surface area contributed by atoms with Crippen molar-refractivity contribution < 1.29 is 4.42 Å². The molecule has 2 aromatic heterocycles. The van der Waals surface area contributed by atoms with Crippen molar-refractivity contribution in [3.8, 4) is 22.3 Å². The van der Waals surface area contributed by atoms with Crippen molar-refractivity contribution in [3.05, 3.63) is 212 Å². The predicted molar refractivity (Wildman–Crippen MR) is 234 cm³/mol. The first-order chi connectivity index (χ1) is 27.2. The molecule has 260 valence electrons. The van der Waals surface area contributed by atoms with E-state index in [0.717, 1.165) is 55.7 Å². The number of para-hydroxylation sites is 3. The minimum atomic E-state index is 0.877. The molecular weight excluding hydrogens is 669 g/mol. The van der Waals surface area contributed by atoms with Gasteiger partial charge in [0.15, 0.2) is 0 Å². The summed E-state index contributed by atoms with van der Waals surface area (Å²) in [5, 5.41) is 7.05. The molecule has 0 N–H and O–H groups in total. The lowest BCUT2D eigenvalue weighted by Gasteiger charge is -2.28. The van der Waals surface area contributed by atoms with E-state index in [1.54, 1.807) is 0 Å². The molecule has 8 aromatic carbocycles. The van der Waals surface area contributed by atoms with Crippen LogP contribution in [-0.2, 0) is 0 Å². The second-order valence-electron chi connectivity index (χ2n) is 13.8. The topological polar surface area (TPSA) is 21.3 Å². The normalized spacial score (nSPS) is 12.1. The molecule has 0 unspecified atom stereocenters. The van der Waals surface area contributed by atoms with Crippen LogP contribution in [0.1, 0.15) is 0 Å². The van der Waals surface area contributed by atoms with Crippen molar-refractivity contribution in [2.24, 2.45) is 0 Å². The molecule has 0 radical (unpaired) electrons. The number of rotatable bonds is 8. The summed E-state index contributed by atoms with van der Waals surface area (Å²) in [6.45, 7) is 4.35. The Morgan fingerprint density at radius 1 is 0.509 bits per heavy atom. The van der Waals surface area contributed by atoms with E-state index >= 15 is 0 Å². The summed E-state index contributed by atoms with van der Waals surface area (Å²) in [5.41, 5.74) is 11.7. The summed E-state index contributed by atoms with van der Waals surface area (Å²) in [7, 11) is 0. The molecule has 0 aliphatic heterocycles. The van der Waals surface area contributed by atoms with Crippen LogP contribution in [-0.4, -0.2) is 4.57 Å². The van der Waals surface area contributed by atoms with Crippen molar-refractivity contribution in [2.75, 3.05) is 4.90 Å². The third-order valence-corrected chi connectivity index (χ3v) is 10.6. The molecule has 10 rings (SSSR count). The van der Waals surface area contributed by atoms with Gasteiger partial charge in [0.1, 0.15) is 11.2 Å². The van der Waals surface area contributed by atoms with Gasteiger partial charge in [0, 0.05) is 44.7 Å². The van der Waals surface area contributed by atoms with Crippen LogP contribution in [0.25, 0.3) is 83.0 Å². The quantitative estimate of drug-likeness (QED) is 0.147. The van der Waals surface area contributed by atoms with Gasteiger partial charge in [0.2, 0.25) is 0 Å². The van der Waals surface area contributed by atoms with Gasteiger partial charge in [-0.1, -0.05) is 134 Å². The average molecular weight is 705 g/mol. The fourth-order valence-corrected chi connectivity index (χ4v) is 7.98. The number of hydrogen-bond donors (Lipinski definition) is 0. The van der Waals surface area contributed by atoms with Gasteiger partial charge in [-0.15, -0.1) is 0 Å². The van der Waals surface area contributed by atoms with Gasteiger partial charge in [0.25, 0.3) is 0 Å². The fraction of sp³-hybridized carbons (Fsp3) is 0. The number of nitrogens with zero attached hydrogens (tertiary/aromatic N) is 2. The molecule has 0 aliphatic carbocycles. The molecule has 0 saturated heterocycles. The Morgan fingerprint density at radius 2 is 1.11 bits per heavy atom. The molecule has 0 aliphatic rings. The second-order valence-corrected chi connectivity index (χ2v) is 13.8. The summed E-state index contributed by atoms with van der Waals surface area (Å²) in [6.07, 6.45) is 8.36. The zero-order valence-corrected chi connectivity index (χ0v) is 30.1. The van der Waals surface area contributed by atoms with Crippen LogP contribution in [0.2, 0.25) is 0 Å². The maximum atomic E-state index is 6.39. The molecule has 0 bridgehead atoms. The fourth-order valence-electron chi connectivity index (χ4n) is 7.98. The number of furan rings is 1. The molecule has 0 atom stereocenters. The van der Waals surface area contributed by atoms with E-state index in [4.69, 9.17) is 4.42 Å². The Morgan fingerprint density at radius 3 is 1.85 bits per heavy atom. The molecule has 3 heteroatoms. The van der Waals surface area contributed by atoms with Crippen LogP contribution in [0, 0.1) is 0 Å². The summed E-state index contributed by atoms with van der Waals surface area (Å²) in [5.74, 6) is 0. The maximum Gasteiger partial charge on any atom is 0.136 e. The summed E-state index contributed by atoms with van der Waals surface area (Å²) in [6, 6.07) is 64.4. The smallest absolute Gasteiger partial charge is 0.136 e. The average Bonchev–Trinajstić information content (AvgIpc) is 3.77. The van der Waals surface area contributed by atoms with E-state index in [1.165, 1.54) is 38.1 Å². The van der Waals surface area contributed by atoms with Crippen molar-refractivity contribution in [1.82, 2.24) is 4.57 Å². The number of anilines is 2. The molecule has 2 heterocycles. The highest BCUT2D eigenvalue weighted by molar-refractivity contribution is 6.11. The van der Waals surface area contributed by atoms with Crippen LogP contribution < -0.4 is 4.90 Å². The monoisotopic (exact) mass is 704 g/mol. The van der Waals surface area contributed by atoms with Gasteiger partial charge in [-0.25, -0.2) is 0 Å². The Hall–Kier alpha value is -7.36.